The number of nitrogens with zero attached hydrogens (tertiary/aromatic N) is 1. The summed E-state index contributed by atoms with van der Waals surface area (Å²) in [5.74, 6) is 0.471. The molecule has 1 atom stereocenters. The fraction of sp³-hybridized carbons (Fsp3) is 0.417. The Morgan fingerprint density at radius 1 is 1.56 bits per heavy atom. The Balaban J connectivity index is 2.24. The summed E-state index contributed by atoms with van der Waals surface area (Å²) in [5.41, 5.74) is 7.73. The van der Waals surface area contributed by atoms with E-state index in [0.29, 0.717) is 18.9 Å². The number of carbonyl (C=O) groups is 1. The van der Waals surface area contributed by atoms with Gasteiger partial charge in [0.05, 0.1) is 0 Å². The molecular weight excluding hydrogens is 268 g/mol. The van der Waals surface area contributed by atoms with Gasteiger partial charge in [-0.15, -0.1) is 0 Å². The van der Waals surface area contributed by atoms with Gasteiger partial charge >= 0.3 is 0 Å². The molecule has 0 radical (unpaired) electrons. The predicted molar refractivity (Wildman–Crippen MR) is 68.4 cm³/mol. The smallest absolute Gasteiger partial charge is 0.227 e. The number of anilines is 1. The molecule has 2 rings (SSSR count). The average Bonchev–Trinajstić information content (AvgIpc) is 2.64. The quantitative estimate of drug-likeness (QED) is 0.903. The number of benzene rings is 1. The van der Waals surface area contributed by atoms with Crippen molar-refractivity contribution in [2.45, 2.75) is 13.3 Å². The number of hydrogen-bond donors (Lipinski definition) is 1. The Hall–Kier alpha value is -0.870. The van der Waals surface area contributed by atoms with E-state index in [0.717, 1.165) is 16.7 Å². The molecule has 4 heteroatoms. The van der Waals surface area contributed by atoms with Crippen LogP contribution >= 0.6 is 15.9 Å². The second kappa shape index (κ2) is 4.55. The van der Waals surface area contributed by atoms with Gasteiger partial charge < -0.3 is 10.6 Å². The third-order valence-corrected chi connectivity index (χ3v) is 3.86. The highest BCUT2D eigenvalue weighted by Crippen LogP contribution is 2.28. The summed E-state index contributed by atoms with van der Waals surface area (Å²) in [6.45, 7) is 3.35. The third kappa shape index (κ3) is 2.13. The molecule has 0 bridgehead atoms. The molecule has 0 saturated carbocycles. The summed E-state index contributed by atoms with van der Waals surface area (Å²) in [6, 6.07) is 5.99. The molecule has 1 amide bonds. The fourth-order valence-electron chi connectivity index (χ4n) is 1.94. The van der Waals surface area contributed by atoms with E-state index in [-0.39, 0.29) is 5.91 Å². The Morgan fingerprint density at radius 2 is 2.31 bits per heavy atom. The average molecular weight is 283 g/mol. The molecule has 2 N–H and O–H groups in total. The van der Waals surface area contributed by atoms with E-state index in [4.69, 9.17) is 5.73 Å². The molecule has 1 unspecified atom stereocenters. The molecule has 0 aromatic heterocycles. The summed E-state index contributed by atoms with van der Waals surface area (Å²) in [4.78, 5) is 13.6. The van der Waals surface area contributed by atoms with Crippen LogP contribution in [0.4, 0.5) is 5.69 Å². The van der Waals surface area contributed by atoms with Gasteiger partial charge in [-0.2, -0.15) is 0 Å². The topological polar surface area (TPSA) is 46.3 Å². The molecule has 1 heterocycles. The summed E-state index contributed by atoms with van der Waals surface area (Å²) in [5, 5.41) is 0. The van der Waals surface area contributed by atoms with E-state index < -0.39 is 0 Å². The van der Waals surface area contributed by atoms with Crippen LogP contribution in [0.25, 0.3) is 0 Å². The van der Waals surface area contributed by atoms with E-state index in [1.54, 1.807) is 0 Å². The summed E-state index contributed by atoms with van der Waals surface area (Å²) < 4.78 is 1.04. The standard InChI is InChI=1S/C12H15BrN2O/c1-8-2-3-10(5-11(8)13)15-7-9(6-14)4-12(15)16/h2-3,5,9H,4,6-7,14H2,1H3. The molecular formula is C12H15BrN2O. The normalized spacial score (nSPS) is 20.6. The lowest BCUT2D eigenvalue weighted by Gasteiger charge is -2.17. The lowest BCUT2D eigenvalue weighted by atomic mass is 10.1. The lowest BCUT2D eigenvalue weighted by molar-refractivity contribution is -0.117. The van der Waals surface area contributed by atoms with Crippen molar-refractivity contribution < 1.29 is 4.79 Å². The molecule has 1 aliphatic heterocycles. The maximum absolute atomic E-state index is 11.8. The van der Waals surface area contributed by atoms with Crippen molar-refractivity contribution in [3.05, 3.63) is 28.2 Å². The van der Waals surface area contributed by atoms with E-state index in [9.17, 15) is 4.79 Å². The molecule has 16 heavy (non-hydrogen) atoms. The monoisotopic (exact) mass is 282 g/mol. The van der Waals surface area contributed by atoms with Crippen molar-refractivity contribution in [1.82, 2.24) is 0 Å². The lowest BCUT2D eigenvalue weighted by Crippen LogP contribution is -2.25. The van der Waals surface area contributed by atoms with Gasteiger partial charge in [0, 0.05) is 23.1 Å². The van der Waals surface area contributed by atoms with Gasteiger partial charge in [0.1, 0.15) is 0 Å². The molecule has 0 spiro atoms. The van der Waals surface area contributed by atoms with Gasteiger partial charge in [0.2, 0.25) is 5.91 Å². The first-order chi connectivity index (χ1) is 7.61. The molecule has 1 fully saturated rings. The molecule has 3 nitrogen and oxygen atoms in total. The molecule has 1 aromatic carbocycles. The minimum Gasteiger partial charge on any atom is -0.330 e. The Morgan fingerprint density at radius 3 is 2.88 bits per heavy atom. The first-order valence-corrected chi connectivity index (χ1v) is 6.17. The fourth-order valence-corrected chi connectivity index (χ4v) is 2.31. The summed E-state index contributed by atoms with van der Waals surface area (Å²) in [6.07, 6.45) is 0.571. The van der Waals surface area contributed by atoms with Gasteiger partial charge in [-0.05, 0) is 37.1 Å². The van der Waals surface area contributed by atoms with E-state index in [1.807, 2.05) is 30.0 Å². The van der Waals surface area contributed by atoms with Gasteiger partial charge in [-0.25, -0.2) is 0 Å². The van der Waals surface area contributed by atoms with Crippen molar-refractivity contribution in [3.8, 4) is 0 Å². The highest BCUT2D eigenvalue weighted by Gasteiger charge is 2.29. The Bertz CT molecular complexity index is 419. The SMILES string of the molecule is Cc1ccc(N2CC(CN)CC2=O)cc1Br. The number of halogens is 1. The van der Waals surface area contributed by atoms with Crippen LogP contribution < -0.4 is 10.6 Å². The van der Waals surface area contributed by atoms with Crippen molar-refractivity contribution in [3.63, 3.8) is 0 Å². The highest BCUT2D eigenvalue weighted by molar-refractivity contribution is 9.10. The first kappa shape index (κ1) is 11.6. The van der Waals surface area contributed by atoms with Crippen LogP contribution in [0.15, 0.2) is 22.7 Å². The number of hydrogen-bond acceptors (Lipinski definition) is 2. The Kier molecular flexibility index (Phi) is 3.30. The van der Waals surface area contributed by atoms with Crippen molar-refractivity contribution in [2.24, 2.45) is 11.7 Å². The van der Waals surface area contributed by atoms with E-state index in [2.05, 4.69) is 15.9 Å². The van der Waals surface area contributed by atoms with Crippen molar-refractivity contribution in [2.75, 3.05) is 18.0 Å². The number of carbonyl (C=O) groups excluding carboxylic acids is 1. The first-order valence-electron chi connectivity index (χ1n) is 5.38. The minimum absolute atomic E-state index is 0.172. The zero-order valence-electron chi connectivity index (χ0n) is 9.24. The third-order valence-electron chi connectivity index (χ3n) is 3.01. The number of nitrogens with two attached hydrogens (primary N) is 1. The van der Waals surface area contributed by atoms with Gasteiger partial charge in [-0.1, -0.05) is 22.0 Å². The number of aryl methyl sites for hydroxylation is 1. The van der Waals surface area contributed by atoms with Gasteiger partial charge in [-0.3, -0.25) is 4.79 Å². The van der Waals surface area contributed by atoms with Crippen LogP contribution in [0.3, 0.4) is 0 Å². The van der Waals surface area contributed by atoms with E-state index >= 15 is 0 Å². The summed E-state index contributed by atoms with van der Waals surface area (Å²) in [7, 11) is 0. The van der Waals surface area contributed by atoms with Crippen LogP contribution in [0.1, 0.15) is 12.0 Å². The predicted octanol–water partition coefficient (Wildman–Crippen LogP) is 2.07. The number of rotatable bonds is 2. The minimum atomic E-state index is 0.172. The van der Waals surface area contributed by atoms with E-state index in [1.165, 1.54) is 5.56 Å². The van der Waals surface area contributed by atoms with Crippen LogP contribution in [-0.4, -0.2) is 19.0 Å². The van der Waals surface area contributed by atoms with Crippen LogP contribution in [-0.2, 0) is 4.79 Å². The molecule has 86 valence electrons. The van der Waals surface area contributed by atoms with Gasteiger partial charge in [0.15, 0.2) is 0 Å². The second-order valence-corrected chi connectivity index (χ2v) is 5.10. The van der Waals surface area contributed by atoms with Crippen LogP contribution in [0.2, 0.25) is 0 Å². The molecule has 1 aliphatic rings. The van der Waals surface area contributed by atoms with Crippen molar-refractivity contribution >= 4 is 27.5 Å². The largest absolute Gasteiger partial charge is 0.330 e. The van der Waals surface area contributed by atoms with Crippen LogP contribution in [0.5, 0.6) is 0 Å². The summed E-state index contributed by atoms with van der Waals surface area (Å²) >= 11 is 3.48. The molecule has 0 aliphatic carbocycles. The van der Waals surface area contributed by atoms with Gasteiger partial charge in [0.25, 0.3) is 0 Å². The van der Waals surface area contributed by atoms with Crippen molar-refractivity contribution in [1.29, 1.82) is 0 Å². The number of amides is 1. The maximum atomic E-state index is 11.8. The zero-order chi connectivity index (χ0) is 11.7. The Labute approximate surface area is 104 Å². The second-order valence-electron chi connectivity index (χ2n) is 4.24. The zero-order valence-corrected chi connectivity index (χ0v) is 10.8. The maximum Gasteiger partial charge on any atom is 0.227 e. The molecule has 1 aromatic rings. The van der Waals surface area contributed by atoms with Crippen LogP contribution in [0, 0.1) is 12.8 Å². The molecule has 1 saturated heterocycles. The highest BCUT2D eigenvalue weighted by atomic mass is 79.9.